The van der Waals surface area contributed by atoms with Crippen molar-refractivity contribution < 1.29 is 5.11 Å². The molecule has 3 N–H and O–H groups in total. The lowest BCUT2D eigenvalue weighted by atomic mass is 10.1. The normalized spacial score (nSPS) is 10.8. The molecule has 0 bridgehead atoms. The van der Waals surface area contributed by atoms with E-state index in [2.05, 4.69) is 15.6 Å². The Balaban J connectivity index is 1.75. The number of hydrogen-bond donors (Lipinski definition) is 3. The van der Waals surface area contributed by atoms with Crippen LogP contribution in [-0.4, -0.2) is 32.6 Å². The van der Waals surface area contributed by atoms with Crippen LogP contribution in [0.2, 0.25) is 0 Å². The Bertz CT molecular complexity index is 996. The van der Waals surface area contributed by atoms with E-state index in [0.717, 1.165) is 34.1 Å². The Kier molecular flexibility index (Phi) is 4.49. The summed E-state index contributed by atoms with van der Waals surface area (Å²) in [6.45, 7) is 0.631. The Morgan fingerprint density at radius 3 is 2.54 bits per heavy atom. The highest BCUT2D eigenvalue weighted by Crippen LogP contribution is 2.31. The molecule has 2 aromatic heterocycles. The number of rotatable bonds is 6. The lowest BCUT2D eigenvalue weighted by molar-refractivity contribution is 0.311. The first-order chi connectivity index (χ1) is 12.8. The smallest absolute Gasteiger partial charge is 0.157 e. The third-order valence-corrected chi connectivity index (χ3v) is 4.07. The molecule has 0 unspecified atom stereocenters. The van der Waals surface area contributed by atoms with Crippen LogP contribution in [0.1, 0.15) is 0 Å². The molecule has 0 aliphatic rings. The number of para-hydroxylation sites is 1. The van der Waals surface area contributed by atoms with Crippen LogP contribution in [0.15, 0.2) is 73.2 Å². The van der Waals surface area contributed by atoms with E-state index in [1.54, 1.807) is 12.4 Å². The zero-order valence-corrected chi connectivity index (χ0v) is 14.1. The van der Waals surface area contributed by atoms with Crippen LogP contribution in [0, 0.1) is 0 Å². The highest BCUT2D eigenvalue weighted by molar-refractivity contribution is 5.80. The molecule has 2 aromatic carbocycles. The highest BCUT2D eigenvalue weighted by Gasteiger charge is 2.14. The molecule has 26 heavy (non-hydrogen) atoms. The van der Waals surface area contributed by atoms with Gasteiger partial charge in [0, 0.05) is 35.9 Å². The van der Waals surface area contributed by atoms with Crippen LogP contribution in [0.5, 0.6) is 0 Å². The van der Waals surface area contributed by atoms with Crippen molar-refractivity contribution in [2.75, 3.05) is 23.8 Å². The summed E-state index contributed by atoms with van der Waals surface area (Å²) in [6.07, 6.45) is 5.39. The van der Waals surface area contributed by atoms with Crippen LogP contribution < -0.4 is 10.6 Å². The second kappa shape index (κ2) is 7.25. The summed E-state index contributed by atoms with van der Waals surface area (Å²) in [5.74, 6) is 0.893. The molecule has 0 aliphatic carbocycles. The molecule has 130 valence electrons. The van der Waals surface area contributed by atoms with Gasteiger partial charge >= 0.3 is 0 Å². The van der Waals surface area contributed by atoms with Crippen molar-refractivity contribution in [1.29, 1.82) is 0 Å². The molecule has 6 heteroatoms. The second-order valence-electron chi connectivity index (χ2n) is 5.83. The fourth-order valence-electron chi connectivity index (χ4n) is 2.83. The SMILES string of the molecule is OCCNc1ccc(-c2nc3cnccn3c2Nc2ccccc2)cc1. The summed E-state index contributed by atoms with van der Waals surface area (Å²) in [4.78, 5) is 8.92. The Labute approximate surface area is 151 Å². The largest absolute Gasteiger partial charge is 0.395 e. The van der Waals surface area contributed by atoms with Crippen LogP contribution in [0.3, 0.4) is 0 Å². The summed E-state index contributed by atoms with van der Waals surface area (Å²) < 4.78 is 1.99. The van der Waals surface area contributed by atoms with Gasteiger partial charge in [0.15, 0.2) is 5.65 Å². The third-order valence-electron chi connectivity index (χ3n) is 4.07. The van der Waals surface area contributed by atoms with Gasteiger partial charge in [-0.2, -0.15) is 0 Å². The van der Waals surface area contributed by atoms with Crippen molar-refractivity contribution in [2.24, 2.45) is 0 Å². The molecule has 0 aliphatic heterocycles. The van der Waals surface area contributed by atoms with Crippen LogP contribution in [0.4, 0.5) is 17.2 Å². The van der Waals surface area contributed by atoms with E-state index >= 15 is 0 Å². The monoisotopic (exact) mass is 345 g/mol. The van der Waals surface area contributed by atoms with Crippen LogP contribution in [-0.2, 0) is 0 Å². The maximum atomic E-state index is 8.93. The Morgan fingerprint density at radius 2 is 1.77 bits per heavy atom. The molecule has 0 atom stereocenters. The minimum atomic E-state index is 0.104. The van der Waals surface area contributed by atoms with Crippen molar-refractivity contribution in [3.8, 4) is 11.3 Å². The summed E-state index contributed by atoms with van der Waals surface area (Å²) >= 11 is 0. The predicted molar refractivity (Wildman–Crippen MR) is 104 cm³/mol. The standard InChI is InChI=1S/C20H19N5O/c26-13-11-22-16-8-6-15(7-9-16)19-20(23-17-4-2-1-3-5-17)25-12-10-21-14-18(25)24-19/h1-10,12,14,22-23,26H,11,13H2. The van der Waals surface area contributed by atoms with Gasteiger partial charge in [-0.15, -0.1) is 0 Å². The number of anilines is 3. The molecular formula is C20H19N5O. The van der Waals surface area contributed by atoms with E-state index in [-0.39, 0.29) is 6.61 Å². The third kappa shape index (κ3) is 3.22. The molecule has 0 saturated heterocycles. The van der Waals surface area contributed by atoms with E-state index in [1.807, 2.05) is 65.2 Å². The highest BCUT2D eigenvalue weighted by atomic mass is 16.3. The van der Waals surface area contributed by atoms with E-state index in [9.17, 15) is 0 Å². The average Bonchev–Trinajstić information content (AvgIpc) is 3.06. The lowest BCUT2D eigenvalue weighted by Gasteiger charge is -2.09. The number of imidazole rings is 1. The topological polar surface area (TPSA) is 74.5 Å². The number of nitrogens with zero attached hydrogens (tertiary/aromatic N) is 3. The van der Waals surface area contributed by atoms with Crippen LogP contribution >= 0.6 is 0 Å². The quantitative estimate of drug-likeness (QED) is 0.498. The fraction of sp³-hybridized carbons (Fsp3) is 0.100. The number of benzene rings is 2. The number of aromatic nitrogens is 3. The first-order valence-electron chi connectivity index (χ1n) is 8.44. The maximum absolute atomic E-state index is 8.93. The van der Waals surface area contributed by atoms with Gasteiger partial charge in [0.25, 0.3) is 0 Å². The zero-order chi connectivity index (χ0) is 17.8. The molecule has 0 saturated carbocycles. The molecule has 0 radical (unpaired) electrons. The maximum Gasteiger partial charge on any atom is 0.157 e. The van der Waals surface area contributed by atoms with E-state index in [0.29, 0.717) is 6.54 Å². The van der Waals surface area contributed by atoms with Crippen LogP contribution in [0.25, 0.3) is 16.9 Å². The van der Waals surface area contributed by atoms with Gasteiger partial charge in [-0.25, -0.2) is 4.98 Å². The van der Waals surface area contributed by atoms with Gasteiger partial charge in [-0.3, -0.25) is 9.38 Å². The van der Waals surface area contributed by atoms with Gasteiger partial charge in [0.05, 0.1) is 12.8 Å². The minimum absolute atomic E-state index is 0.104. The summed E-state index contributed by atoms with van der Waals surface area (Å²) in [5.41, 5.74) is 4.60. The number of fused-ring (bicyclic) bond motifs is 1. The first kappa shape index (κ1) is 16.1. The number of hydrogen-bond acceptors (Lipinski definition) is 5. The van der Waals surface area contributed by atoms with Crippen molar-refractivity contribution in [3.05, 3.63) is 73.2 Å². The number of aliphatic hydroxyl groups is 1. The van der Waals surface area contributed by atoms with Gasteiger partial charge < -0.3 is 15.7 Å². The molecule has 0 amide bonds. The zero-order valence-electron chi connectivity index (χ0n) is 14.1. The predicted octanol–water partition coefficient (Wildman–Crippen LogP) is 3.54. The van der Waals surface area contributed by atoms with Crippen molar-refractivity contribution in [1.82, 2.24) is 14.4 Å². The molecule has 0 fully saturated rings. The molecule has 4 rings (SSSR count). The van der Waals surface area contributed by atoms with E-state index in [1.165, 1.54) is 0 Å². The van der Waals surface area contributed by atoms with Gasteiger partial charge in [-0.1, -0.05) is 30.3 Å². The minimum Gasteiger partial charge on any atom is -0.395 e. The molecular weight excluding hydrogens is 326 g/mol. The number of nitrogens with one attached hydrogen (secondary N) is 2. The number of aliphatic hydroxyl groups excluding tert-OH is 1. The van der Waals surface area contributed by atoms with E-state index in [4.69, 9.17) is 10.1 Å². The summed E-state index contributed by atoms with van der Waals surface area (Å²) in [6, 6.07) is 18.0. The molecule has 4 aromatic rings. The van der Waals surface area contributed by atoms with E-state index < -0.39 is 0 Å². The molecule has 6 nitrogen and oxygen atoms in total. The van der Waals surface area contributed by atoms with Gasteiger partial charge in [0.1, 0.15) is 11.5 Å². The second-order valence-corrected chi connectivity index (χ2v) is 5.83. The van der Waals surface area contributed by atoms with Gasteiger partial charge in [0.2, 0.25) is 0 Å². The fourth-order valence-corrected chi connectivity index (χ4v) is 2.83. The van der Waals surface area contributed by atoms with Crippen molar-refractivity contribution >= 4 is 22.8 Å². The first-order valence-corrected chi connectivity index (χ1v) is 8.44. The van der Waals surface area contributed by atoms with Crippen molar-refractivity contribution in [3.63, 3.8) is 0 Å². The Hall–Kier alpha value is -3.38. The molecule has 2 heterocycles. The summed E-state index contributed by atoms with van der Waals surface area (Å²) in [7, 11) is 0. The Morgan fingerprint density at radius 1 is 0.962 bits per heavy atom. The lowest BCUT2D eigenvalue weighted by Crippen LogP contribution is -2.04. The van der Waals surface area contributed by atoms with Gasteiger partial charge in [-0.05, 0) is 24.3 Å². The summed E-state index contributed by atoms with van der Waals surface area (Å²) in [5, 5.41) is 15.5. The van der Waals surface area contributed by atoms with Crippen molar-refractivity contribution in [2.45, 2.75) is 0 Å². The molecule has 0 spiro atoms. The average molecular weight is 345 g/mol.